The molecular weight excluding hydrogens is 210 g/mol. The first-order chi connectivity index (χ1) is 8.22. The van der Waals surface area contributed by atoms with Crippen molar-refractivity contribution in [1.82, 2.24) is 9.80 Å². The summed E-state index contributed by atoms with van der Waals surface area (Å²) in [5, 5.41) is 0. The Bertz CT molecular complexity index is 224. The first-order valence-electron chi connectivity index (χ1n) is 7.38. The van der Waals surface area contributed by atoms with Crippen molar-refractivity contribution in [1.29, 1.82) is 0 Å². The van der Waals surface area contributed by atoms with Crippen LogP contribution in [0.4, 0.5) is 0 Å². The number of nitrogens with zero attached hydrogens (tertiary/aromatic N) is 2. The Balaban J connectivity index is 2.04. The minimum absolute atomic E-state index is 0.576. The maximum absolute atomic E-state index is 6.00. The predicted octanol–water partition coefficient (Wildman–Crippen LogP) is 1.67. The Morgan fingerprint density at radius 1 is 1.06 bits per heavy atom. The fourth-order valence-electron chi connectivity index (χ4n) is 3.84. The lowest BCUT2D eigenvalue weighted by Gasteiger charge is -2.48. The van der Waals surface area contributed by atoms with Crippen LogP contribution in [0.5, 0.6) is 0 Å². The zero-order valence-corrected chi connectivity index (χ0v) is 11.6. The highest BCUT2D eigenvalue weighted by molar-refractivity contribution is 4.91. The van der Waals surface area contributed by atoms with Crippen LogP contribution in [0.25, 0.3) is 0 Å². The molecule has 0 bridgehead atoms. The molecule has 0 aromatic rings. The molecule has 2 N–H and O–H groups in total. The molecule has 1 aliphatic heterocycles. The molecule has 1 saturated carbocycles. The van der Waals surface area contributed by atoms with Gasteiger partial charge in [0.05, 0.1) is 0 Å². The molecule has 0 amide bonds. The molecule has 17 heavy (non-hydrogen) atoms. The van der Waals surface area contributed by atoms with Crippen LogP contribution in [0.3, 0.4) is 0 Å². The van der Waals surface area contributed by atoms with Crippen LogP contribution in [-0.2, 0) is 0 Å². The largest absolute Gasteiger partial charge is 0.329 e. The molecule has 0 aromatic carbocycles. The summed E-state index contributed by atoms with van der Waals surface area (Å²) in [6.45, 7) is 5.54. The van der Waals surface area contributed by atoms with Crippen LogP contribution >= 0.6 is 0 Å². The maximum Gasteiger partial charge on any atom is 0.0351 e. The number of likely N-dealkylation sites (N-methyl/N-ethyl adjacent to an activating group) is 1. The summed E-state index contributed by atoms with van der Waals surface area (Å²) in [6, 6.07) is 2.05. The van der Waals surface area contributed by atoms with Crippen LogP contribution in [0.15, 0.2) is 0 Å². The number of hydrogen-bond acceptors (Lipinski definition) is 3. The van der Waals surface area contributed by atoms with Crippen LogP contribution in [0.2, 0.25) is 0 Å². The van der Waals surface area contributed by atoms with Gasteiger partial charge in [-0.2, -0.15) is 0 Å². The third kappa shape index (κ3) is 3.21. The molecule has 2 atom stereocenters. The van der Waals surface area contributed by atoms with E-state index < -0.39 is 0 Å². The van der Waals surface area contributed by atoms with Crippen molar-refractivity contribution < 1.29 is 0 Å². The molecule has 3 nitrogen and oxygen atoms in total. The molecule has 0 aromatic heterocycles. The zero-order valence-electron chi connectivity index (χ0n) is 11.6. The Morgan fingerprint density at radius 3 is 2.29 bits per heavy atom. The molecule has 1 heterocycles. The van der Waals surface area contributed by atoms with E-state index in [-0.39, 0.29) is 0 Å². The van der Waals surface area contributed by atoms with Gasteiger partial charge in [0.1, 0.15) is 0 Å². The van der Waals surface area contributed by atoms with Gasteiger partial charge in [-0.25, -0.2) is 0 Å². The second kappa shape index (κ2) is 6.17. The summed E-state index contributed by atoms with van der Waals surface area (Å²) in [6.07, 6.45) is 8.50. The average Bonchev–Trinajstić information content (AvgIpc) is 2.56. The van der Waals surface area contributed by atoms with Gasteiger partial charge in [-0.05, 0) is 26.8 Å². The van der Waals surface area contributed by atoms with E-state index in [4.69, 9.17) is 5.73 Å². The van der Waals surface area contributed by atoms with Crippen LogP contribution in [0.1, 0.15) is 45.4 Å². The summed E-state index contributed by atoms with van der Waals surface area (Å²) in [7, 11) is 2.23. The van der Waals surface area contributed by atoms with Gasteiger partial charge in [0, 0.05) is 37.8 Å². The summed E-state index contributed by atoms with van der Waals surface area (Å²) in [4.78, 5) is 5.20. The molecule has 2 unspecified atom stereocenters. The quantitative estimate of drug-likeness (QED) is 0.744. The molecular formula is C14H29N3. The predicted molar refractivity (Wildman–Crippen MR) is 73.1 cm³/mol. The second-order valence-corrected chi connectivity index (χ2v) is 6.05. The first kappa shape index (κ1) is 13.3. The van der Waals surface area contributed by atoms with Crippen molar-refractivity contribution >= 4 is 0 Å². The van der Waals surface area contributed by atoms with Crippen LogP contribution in [0, 0.1) is 0 Å². The van der Waals surface area contributed by atoms with E-state index in [9.17, 15) is 0 Å². The van der Waals surface area contributed by atoms with Crippen LogP contribution in [-0.4, -0.2) is 54.6 Å². The van der Waals surface area contributed by atoms with Gasteiger partial charge in [-0.1, -0.05) is 25.7 Å². The zero-order chi connectivity index (χ0) is 12.3. The lowest BCUT2D eigenvalue weighted by atomic mass is 9.98. The highest BCUT2D eigenvalue weighted by Crippen LogP contribution is 2.27. The lowest BCUT2D eigenvalue weighted by Crippen LogP contribution is -2.62. The van der Waals surface area contributed by atoms with Crippen molar-refractivity contribution in [3.63, 3.8) is 0 Å². The standard InChI is InChI=1S/C14H29N3/c1-12-10-16(2)11-14(9-15)17(12)13-7-5-3-4-6-8-13/h12-14H,3-11,15H2,1-2H3. The SMILES string of the molecule is CC1CN(C)CC(CN)N1C1CCCCCC1. The fourth-order valence-corrected chi connectivity index (χ4v) is 3.84. The van der Waals surface area contributed by atoms with Crippen molar-refractivity contribution in [2.75, 3.05) is 26.7 Å². The molecule has 2 aliphatic rings. The average molecular weight is 239 g/mol. The Kier molecular flexibility index (Phi) is 4.83. The van der Waals surface area contributed by atoms with E-state index in [1.807, 2.05) is 0 Å². The van der Waals surface area contributed by atoms with Crippen molar-refractivity contribution in [2.45, 2.75) is 63.6 Å². The van der Waals surface area contributed by atoms with Gasteiger partial charge in [0.15, 0.2) is 0 Å². The highest BCUT2D eigenvalue weighted by atomic mass is 15.3. The van der Waals surface area contributed by atoms with E-state index in [2.05, 4.69) is 23.8 Å². The first-order valence-corrected chi connectivity index (χ1v) is 7.38. The minimum atomic E-state index is 0.576. The summed E-state index contributed by atoms with van der Waals surface area (Å²) < 4.78 is 0. The molecule has 0 radical (unpaired) electrons. The van der Waals surface area contributed by atoms with E-state index in [0.29, 0.717) is 12.1 Å². The number of hydrogen-bond donors (Lipinski definition) is 1. The van der Waals surface area contributed by atoms with E-state index in [0.717, 1.165) is 19.1 Å². The minimum Gasteiger partial charge on any atom is -0.329 e. The number of nitrogens with two attached hydrogens (primary N) is 1. The highest BCUT2D eigenvalue weighted by Gasteiger charge is 2.34. The summed E-state index contributed by atoms with van der Waals surface area (Å²) in [5.74, 6) is 0. The van der Waals surface area contributed by atoms with E-state index >= 15 is 0 Å². The molecule has 1 aliphatic carbocycles. The Hall–Kier alpha value is -0.120. The number of rotatable bonds is 2. The van der Waals surface area contributed by atoms with Gasteiger partial charge < -0.3 is 10.6 Å². The van der Waals surface area contributed by atoms with E-state index in [1.54, 1.807) is 0 Å². The molecule has 1 saturated heterocycles. The van der Waals surface area contributed by atoms with E-state index in [1.165, 1.54) is 45.1 Å². The van der Waals surface area contributed by atoms with Crippen molar-refractivity contribution in [3.8, 4) is 0 Å². The Morgan fingerprint density at radius 2 is 1.71 bits per heavy atom. The van der Waals surface area contributed by atoms with Gasteiger partial charge in [-0.3, -0.25) is 4.90 Å². The fraction of sp³-hybridized carbons (Fsp3) is 1.00. The monoisotopic (exact) mass is 239 g/mol. The van der Waals surface area contributed by atoms with Gasteiger partial charge in [0.25, 0.3) is 0 Å². The van der Waals surface area contributed by atoms with Gasteiger partial charge >= 0.3 is 0 Å². The van der Waals surface area contributed by atoms with Crippen LogP contribution < -0.4 is 5.73 Å². The Labute approximate surface area is 106 Å². The third-order valence-corrected chi connectivity index (χ3v) is 4.55. The molecule has 0 spiro atoms. The van der Waals surface area contributed by atoms with Crippen molar-refractivity contribution in [3.05, 3.63) is 0 Å². The third-order valence-electron chi connectivity index (χ3n) is 4.55. The molecule has 2 rings (SSSR count). The molecule has 2 fully saturated rings. The maximum atomic E-state index is 6.00. The summed E-state index contributed by atoms with van der Waals surface area (Å²) in [5.41, 5.74) is 6.00. The lowest BCUT2D eigenvalue weighted by molar-refractivity contribution is 0.00721. The van der Waals surface area contributed by atoms with Gasteiger partial charge in [0.2, 0.25) is 0 Å². The van der Waals surface area contributed by atoms with Crippen molar-refractivity contribution in [2.24, 2.45) is 5.73 Å². The normalized spacial score (nSPS) is 34.8. The molecule has 100 valence electrons. The smallest absolute Gasteiger partial charge is 0.0351 e. The number of piperazine rings is 1. The van der Waals surface area contributed by atoms with Gasteiger partial charge in [-0.15, -0.1) is 0 Å². The molecule has 3 heteroatoms. The topological polar surface area (TPSA) is 32.5 Å². The summed E-state index contributed by atoms with van der Waals surface area (Å²) >= 11 is 0. The second-order valence-electron chi connectivity index (χ2n) is 6.05.